The highest BCUT2D eigenvalue weighted by atomic mass is 16.2. The molecule has 0 bridgehead atoms. The molecular weight excluding hydrogens is 174 g/mol. The zero-order valence-electron chi connectivity index (χ0n) is 8.08. The van der Waals surface area contributed by atoms with Crippen molar-refractivity contribution < 1.29 is 4.79 Å². The van der Waals surface area contributed by atoms with Crippen LogP contribution in [-0.2, 0) is 6.42 Å². The van der Waals surface area contributed by atoms with E-state index in [9.17, 15) is 4.79 Å². The lowest BCUT2D eigenvalue weighted by molar-refractivity contribution is 0.0903. The predicted molar refractivity (Wildman–Crippen MR) is 55.6 cm³/mol. The van der Waals surface area contributed by atoms with E-state index in [0.717, 1.165) is 11.9 Å². The van der Waals surface area contributed by atoms with Crippen molar-refractivity contribution in [3.63, 3.8) is 0 Å². The van der Waals surface area contributed by atoms with Crippen LogP contribution in [0.25, 0.3) is 10.9 Å². The molecule has 70 valence electrons. The summed E-state index contributed by atoms with van der Waals surface area (Å²) < 4.78 is 1.81. The fourth-order valence-electron chi connectivity index (χ4n) is 2.28. The minimum Gasteiger partial charge on any atom is -0.287 e. The number of hydrogen-bond acceptors (Lipinski definition) is 1. The van der Waals surface area contributed by atoms with Crippen molar-refractivity contribution in [1.82, 2.24) is 4.57 Å². The summed E-state index contributed by atoms with van der Waals surface area (Å²) in [5.41, 5.74) is 3.62. The first-order valence-corrected chi connectivity index (χ1v) is 4.90. The Labute approximate surface area is 82.1 Å². The van der Waals surface area contributed by atoms with E-state index in [1.807, 2.05) is 10.8 Å². The molecule has 1 aromatic heterocycles. The SMILES string of the molecule is Cc1cn2c3c(cccc13)CCC2=O. The highest BCUT2D eigenvalue weighted by Crippen LogP contribution is 2.28. The zero-order chi connectivity index (χ0) is 9.71. The molecule has 1 aliphatic rings. The molecule has 0 saturated carbocycles. The molecular formula is C12H11NO. The van der Waals surface area contributed by atoms with Gasteiger partial charge in [0.15, 0.2) is 0 Å². The van der Waals surface area contributed by atoms with E-state index < -0.39 is 0 Å². The summed E-state index contributed by atoms with van der Waals surface area (Å²) in [6.45, 7) is 2.06. The molecule has 0 saturated heterocycles. The molecule has 1 aromatic carbocycles. The number of carbonyl (C=O) groups is 1. The van der Waals surface area contributed by atoms with Crippen molar-refractivity contribution in [2.24, 2.45) is 0 Å². The maximum Gasteiger partial charge on any atom is 0.231 e. The number of para-hydroxylation sites is 1. The summed E-state index contributed by atoms with van der Waals surface area (Å²) in [5.74, 6) is 0.224. The minimum absolute atomic E-state index is 0.224. The first-order chi connectivity index (χ1) is 6.77. The van der Waals surface area contributed by atoms with Crippen LogP contribution < -0.4 is 0 Å². The molecule has 2 aromatic rings. The van der Waals surface area contributed by atoms with Gasteiger partial charge in [0.25, 0.3) is 0 Å². The van der Waals surface area contributed by atoms with E-state index in [1.54, 1.807) is 0 Å². The van der Waals surface area contributed by atoms with E-state index in [1.165, 1.54) is 16.5 Å². The van der Waals surface area contributed by atoms with Gasteiger partial charge in [0.2, 0.25) is 5.91 Å². The molecule has 0 unspecified atom stereocenters. The lowest BCUT2D eigenvalue weighted by Crippen LogP contribution is -2.15. The van der Waals surface area contributed by atoms with Gasteiger partial charge in [-0.3, -0.25) is 9.36 Å². The van der Waals surface area contributed by atoms with Crippen molar-refractivity contribution in [3.8, 4) is 0 Å². The van der Waals surface area contributed by atoms with Crippen LogP contribution in [0.5, 0.6) is 0 Å². The second-order valence-electron chi connectivity index (χ2n) is 3.89. The lowest BCUT2D eigenvalue weighted by atomic mass is 10.0. The van der Waals surface area contributed by atoms with Gasteiger partial charge >= 0.3 is 0 Å². The molecule has 3 rings (SSSR count). The van der Waals surface area contributed by atoms with Crippen molar-refractivity contribution >= 4 is 16.8 Å². The largest absolute Gasteiger partial charge is 0.287 e. The second-order valence-corrected chi connectivity index (χ2v) is 3.89. The number of carbonyl (C=O) groups excluding carboxylic acids is 1. The van der Waals surface area contributed by atoms with Gasteiger partial charge in [-0.2, -0.15) is 0 Å². The third kappa shape index (κ3) is 0.830. The maximum atomic E-state index is 11.6. The molecule has 0 atom stereocenters. The second kappa shape index (κ2) is 2.47. The van der Waals surface area contributed by atoms with Crippen molar-refractivity contribution in [3.05, 3.63) is 35.5 Å². The molecule has 0 aliphatic carbocycles. The Morgan fingerprint density at radius 1 is 1.29 bits per heavy atom. The standard InChI is InChI=1S/C12H11NO/c1-8-7-13-11(14)6-5-9-3-2-4-10(8)12(9)13/h2-4,7H,5-6H2,1H3. The number of hydrogen-bond donors (Lipinski definition) is 0. The van der Waals surface area contributed by atoms with Crippen LogP contribution in [0.15, 0.2) is 24.4 Å². The van der Waals surface area contributed by atoms with E-state index in [4.69, 9.17) is 0 Å². The topological polar surface area (TPSA) is 22.0 Å². The van der Waals surface area contributed by atoms with E-state index >= 15 is 0 Å². The summed E-state index contributed by atoms with van der Waals surface area (Å²) in [6, 6.07) is 6.28. The van der Waals surface area contributed by atoms with Gasteiger partial charge in [0.05, 0.1) is 5.52 Å². The molecule has 2 nitrogen and oxygen atoms in total. The van der Waals surface area contributed by atoms with Crippen molar-refractivity contribution in [2.45, 2.75) is 19.8 Å². The van der Waals surface area contributed by atoms with Crippen molar-refractivity contribution in [2.75, 3.05) is 0 Å². The average molecular weight is 185 g/mol. The van der Waals surface area contributed by atoms with Crippen LogP contribution in [0.2, 0.25) is 0 Å². The zero-order valence-corrected chi connectivity index (χ0v) is 8.08. The van der Waals surface area contributed by atoms with Gasteiger partial charge < -0.3 is 0 Å². The van der Waals surface area contributed by atoms with Crippen LogP contribution in [0.1, 0.15) is 22.3 Å². The number of nitrogens with zero attached hydrogens (tertiary/aromatic N) is 1. The van der Waals surface area contributed by atoms with Crippen LogP contribution in [0.3, 0.4) is 0 Å². The van der Waals surface area contributed by atoms with Crippen molar-refractivity contribution in [1.29, 1.82) is 0 Å². The first-order valence-electron chi connectivity index (χ1n) is 4.90. The maximum absolute atomic E-state index is 11.6. The van der Waals surface area contributed by atoms with Crippen LogP contribution >= 0.6 is 0 Å². The predicted octanol–water partition coefficient (Wildman–Crippen LogP) is 2.54. The third-order valence-electron chi connectivity index (χ3n) is 2.98. The highest BCUT2D eigenvalue weighted by molar-refractivity contribution is 5.98. The Morgan fingerprint density at radius 2 is 2.14 bits per heavy atom. The molecule has 2 heteroatoms. The molecule has 0 amide bonds. The molecule has 2 heterocycles. The highest BCUT2D eigenvalue weighted by Gasteiger charge is 2.19. The average Bonchev–Trinajstić information content (AvgIpc) is 2.53. The number of aryl methyl sites for hydroxylation is 2. The molecule has 14 heavy (non-hydrogen) atoms. The normalized spacial score (nSPS) is 15.1. The molecule has 0 fully saturated rings. The fraction of sp³-hybridized carbons (Fsp3) is 0.250. The summed E-state index contributed by atoms with van der Waals surface area (Å²) >= 11 is 0. The third-order valence-corrected chi connectivity index (χ3v) is 2.98. The van der Waals surface area contributed by atoms with Gasteiger partial charge in [0.1, 0.15) is 0 Å². The van der Waals surface area contributed by atoms with Gasteiger partial charge in [-0.15, -0.1) is 0 Å². The Balaban J connectivity index is 2.53. The molecule has 0 N–H and O–H groups in total. The smallest absolute Gasteiger partial charge is 0.231 e. The molecule has 0 spiro atoms. The quantitative estimate of drug-likeness (QED) is 0.618. The summed E-state index contributed by atoms with van der Waals surface area (Å²) in [4.78, 5) is 11.6. The van der Waals surface area contributed by atoms with Gasteiger partial charge in [-0.25, -0.2) is 0 Å². The van der Waals surface area contributed by atoms with Gasteiger partial charge in [0, 0.05) is 18.0 Å². The Hall–Kier alpha value is -1.57. The molecule has 1 aliphatic heterocycles. The monoisotopic (exact) mass is 185 g/mol. The molecule has 0 radical (unpaired) electrons. The number of aromatic nitrogens is 1. The fourth-order valence-corrected chi connectivity index (χ4v) is 2.28. The van der Waals surface area contributed by atoms with E-state index in [0.29, 0.717) is 6.42 Å². The number of rotatable bonds is 0. The van der Waals surface area contributed by atoms with Crippen LogP contribution in [0.4, 0.5) is 0 Å². The Morgan fingerprint density at radius 3 is 3.00 bits per heavy atom. The van der Waals surface area contributed by atoms with Crippen LogP contribution in [-0.4, -0.2) is 10.5 Å². The number of benzene rings is 1. The van der Waals surface area contributed by atoms with Gasteiger partial charge in [-0.1, -0.05) is 18.2 Å². The summed E-state index contributed by atoms with van der Waals surface area (Å²) in [5, 5.41) is 1.22. The van der Waals surface area contributed by atoms with E-state index in [-0.39, 0.29) is 5.91 Å². The summed E-state index contributed by atoms with van der Waals surface area (Å²) in [6.07, 6.45) is 3.48. The summed E-state index contributed by atoms with van der Waals surface area (Å²) in [7, 11) is 0. The Bertz CT molecular complexity index is 536. The van der Waals surface area contributed by atoms with Gasteiger partial charge in [-0.05, 0) is 24.5 Å². The van der Waals surface area contributed by atoms with E-state index in [2.05, 4.69) is 25.1 Å². The van der Waals surface area contributed by atoms with Crippen LogP contribution in [0, 0.1) is 6.92 Å². The lowest BCUT2D eigenvalue weighted by Gasteiger charge is -2.13. The Kier molecular flexibility index (Phi) is 1.38. The minimum atomic E-state index is 0.224. The first kappa shape index (κ1) is 7.80.